The summed E-state index contributed by atoms with van der Waals surface area (Å²) in [5.74, 6) is -0.292. The zero-order chi connectivity index (χ0) is 21.0. The first-order chi connectivity index (χ1) is 13.8. The second-order valence-electron chi connectivity index (χ2n) is 6.48. The molecular weight excluding hydrogens is 402 g/mol. The smallest absolute Gasteiger partial charge is 0.292 e. The number of carbonyl (C=O) groups is 1. The van der Waals surface area contributed by atoms with Gasteiger partial charge in [0.05, 0.1) is 27.1 Å². The molecule has 0 bridgehead atoms. The molecule has 1 saturated heterocycles. The van der Waals surface area contributed by atoms with Crippen LogP contribution in [0.1, 0.15) is 0 Å². The molecule has 1 N–H and O–H groups in total. The molecule has 2 aromatic carbocycles. The van der Waals surface area contributed by atoms with E-state index in [0.29, 0.717) is 37.6 Å². The van der Waals surface area contributed by atoms with Crippen LogP contribution in [0.15, 0.2) is 42.5 Å². The minimum Gasteiger partial charge on any atom is -0.363 e. The Balaban J connectivity index is 1.55. The van der Waals surface area contributed by atoms with Gasteiger partial charge in [0.1, 0.15) is 5.69 Å². The molecule has 29 heavy (non-hydrogen) atoms. The Kier molecular flexibility index (Phi) is 6.25. The quantitative estimate of drug-likeness (QED) is 0.564. The number of rotatable bonds is 6. The third-order valence-corrected chi connectivity index (χ3v) is 4.91. The largest absolute Gasteiger partial charge is 0.363 e. The number of hydrogen-bond acceptors (Lipinski definition) is 7. The first-order valence-corrected chi connectivity index (χ1v) is 9.17. The van der Waals surface area contributed by atoms with Crippen molar-refractivity contribution < 1.29 is 14.6 Å². The van der Waals surface area contributed by atoms with Gasteiger partial charge in [0.25, 0.3) is 11.4 Å². The molecule has 1 amide bonds. The molecule has 11 heteroatoms. The number of anilines is 2. The van der Waals surface area contributed by atoms with Gasteiger partial charge in [-0.1, -0.05) is 23.7 Å². The first kappa shape index (κ1) is 20.5. The highest BCUT2D eigenvalue weighted by molar-refractivity contribution is 6.34. The molecule has 152 valence electrons. The van der Waals surface area contributed by atoms with E-state index in [2.05, 4.69) is 5.32 Å². The molecule has 0 saturated carbocycles. The monoisotopic (exact) mass is 419 g/mol. The number of nitro groups is 2. The molecule has 0 atom stereocenters. The van der Waals surface area contributed by atoms with Crippen LogP contribution in [0.4, 0.5) is 22.7 Å². The average molecular weight is 420 g/mol. The molecule has 1 heterocycles. The van der Waals surface area contributed by atoms with E-state index in [-0.39, 0.29) is 28.8 Å². The number of piperazine rings is 1. The van der Waals surface area contributed by atoms with Crippen LogP contribution in [-0.2, 0) is 4.79 Å². The van der Waals surface area contributed by atoms with E-state index in [0.717, 1.165) is 0 Å². The van der Waals surface area contributed by atoms with Gasteiger partial charge in [-0.3, -0.25) is 29.9 Å². The van der Waals surface area contributed by atoms with Crippen molar-refractivity contribution in [2.75, 3.05) is 42.9 Å². The van der Waals surface area contributed by atoms with Crippen LogP contribution in [0.5, 0.6) is 0 Å². The van der Waals surface area contributed by atoms with E-state index in [1.165, 1.54) is 24.3 Å². The van der Waals surface area contributed by atoms with Crippen LogP contribution in [0.2, 0.25) is 5.02 Å². The molecule has 10 nitrogen and oxygen atoms in total. The van der Waals surface area contributed by atoms with Crippen molar-refractivity contribution in [1.82, 2.24) is 4.90 Å². The summed E-state index contributed by atoms with van der Waals surface area (Å²) in [7, 11) is 0. The minimum absolute atomic E-state index is 0.0616. The number of nitrogens with one attached hydrogen (secondary N) is 1. The predicted octanol–water partition coefficient (Wildman–Crippen LogP) is 2.92. The van der Waals surface area contributed by atoms with E-state index in [4.69, 9.17) is 11.6 Å². The van der Waals surface area contributed by atoms with E-state index in [1.807, 2.05) is 9.80 Å². The highest BCUT2D eigenvalue weighted by Gasteiger charge is 2.24. The lowest BCUT2D eigenvalue weighted by molar-refractivity contribution is -0.384. The van der Waals surface area contributed by atoms with Crippen molar-refractivity contribution in [1.29, 1.82) is 0 Å². The second kappa shape index (κ2) is 8.84. The highest BCUT2D eigenvalue weighted by Crippen LogP contribution is 2.29. The molecule has 1 fully saturated rings. The summed E-state index contributed by atoms with van der Waals surface area (Å²) in [6, 6.07) is 10.4. The number of non-ortho nitro benzene ring substituents is 1. The molecule has 3 rings (SSSR count). The maximum atomic E-state index is 12.3. The Morgan fingerprint density at radius 1 is 1.03 bits per heavy atom. The van der Waals surface area contributed by atoms with Crippen molar-refractivity contribution in [3.8, 4) is 0 Å². The van der Waals surface area contributed by atoms with Crippen LogP contribution in [0.3, 0.4) is 0 Å². The van der Waals surface area contributed by atoms with E-state index >= 15 is 0 Å². The van der Waals surface area contributed by atoms with Crippen molar-refractivity contribution in [3.05, 3.63) is 67.7 Å². The molecule has 0 spiro atoms. The highest BCUT2D eigenvalue weighted by atomic mass is 35.5. The summed E-state index contributed by atoms with van der Waals surface area (Å²) in [5.41, 5.74) is 0.783. The summed E-state index contributed by atoms with van der Waals surface area (Å²) in [6.07, 6.45) is 0. The van der Waals surface area contributed by atoms with Crippen LogP contribution in [0.25, 0.3) is 0 Å². The summed E-state index contributed by atoms with van der Waals surface area (Å²) in [6.45, 7) is 2.35. The lowest BCUT2D eigenvalue weighted by atomic mass is 10.2. The summed E-state index contributed by atoms with van der Waals surface area (Å²) in [5, 5.41) is 24.7. The number of nitrogens with zero attached hydrogens (tertiary/aromatic N) is 4. The normalized spacial score (nSPS) is 14.4. The molecule has 0 radical (unpaired) electrons. The third kappa shape index (κ3) is 4.98. The fraction of sp³-hybridized carbons (Fsp3) is 0.278. The van der Waals surface area contributed by atoms with Gasteiger partial charge < -0.3 is 10.2 Å². The predicted molar refractivity (Wildman–Crippen MR) is 108 cm³/mol. The maximum absolute atomic E-state index is 12.3. The van der Waals surface area contributed by atoms with Crippen LogP contribution >= 0.6 is 11.6 Å². The number of benzene rings is 2. The van der Waals surface area contributed by atoms with Gasteiger partial charge in [0.2, 0.25) is 5.91 Å². The Morgan fingerprint density at radius 2 is 1.72 bits per heavy atom. The molecule has 1 aliphatic rings. The topological polar surface area (TPSA) is 122 Å². The second-order valence-corrected chi connectivity index (χ2v) is 6.89. The van der Waals surface area contributed by atoms with Crippen molar-refractivity contribution in [2.24, 2.45) is 0 Å². The Labute approximate surface area is 171 Å². The number of carbonyl (C=O) groups excluding carboxylic acids is 1. The van der Waals surface area contributed by atoms with Gasteiger partial charge in [-0.25, -0.2) is 0 Å². The van der Waals surface area contributed by atoms with Crippen molar-refractivity contribution in [2.45, 2.75) is 0 Å². The zero-order valence-corrected chi connectivity index (χ0v) is 16.0. The summed E-state index contributed by atoms with van der Waals surface area (Å²) < 4.78 is 0. The van der Waals surface area contributed by atoms with E-state index < -0.39 is 9.85 Å². The van der Waals surface area contributed by atoms with E-state index in [9.17, 15) is 25.0 Å². The Hall–Kier alpha value is -3.24. The molecule has 0 aromatic heterocycles. The average Bonchev–Trinajstić information content (AvgIpc) is 2.70. The first-order valence-electron chi connectivity index (χ1n) is 8.79. The SMILES string of the molecule is O=C(CN1CCN(c2ccccc2[N+](=O)[O-])CC1)Nc1ccc([N+](=O)[O-])cc1Cl. The molecule has 0 aliphatic carbocycles. The molecule has 0 unspecified atom stereocenters. The van der Waals surface area contributed by atoms with E-state index in [1.54, 1.807) is 18.2 Å². The summed E-state index contributed by atoms with van der Waals surface area (Å²) in [4.78, 5) is 37.1. The standard InChI is InChI=1S/C18H18ClN5O5/c19-14-11-13(23(26)27)5-6-15(14)20-18(25)12-21-7-9-22(10-8-21)16-3-1-2-4-17(16)24(28)29/h1-6,11H,7-10,12H2,(H,20,25). The van der Waals surface area contributed by atoms with Crippen LogP contribution in [-0.4, -0.2) is 53.4 Å². The third-order valence-electron chi connectivity index (χ3n) is 4.60. The molecule has 1 aliphatic heterocycles. The van der Waals surface area contributed by atoms with Gasteiger partial charge >= 0.3 is 0 Å². The fourth-order valence-electron chi connectivity index (χ4n) is 3.14. The fourth-order valence-corrected chi connectivity index (χ4v) is 3.37. The van der Waals surface area contributed by atoms with Crippen LogP contribution < -0.4 is 10.2 Å². The number of hydrogen-bond donors (Lipinski definition) is 1. The van der Waals surface area contributed by atoms with Gasteiger partial charge in [0.15, 0.2) is 0 Å². The lowest BCUT2D eigenvalue weighted by Crippen LogP contribution is -2.48. The Morgan fingerprint density at radius 3 is 2.34 bits per heavy atom. The van der Waals surface area contributed by atoms with Gasteiger partial charge in [-0.15, -0.1) is 0 Å². The summed E-state index contributed by atoms with van der Waals surface area (Å²) >= 11 is 5.99. The molecular formula is C18H18ClN5O5. The zero-order valence-electron chi connectivity index (χ0n) is 15.3. The number of amides is 1. The van der Waals surface area contributed by atoms with Gasteiger partial charge in [0, 0.05) is 44.4 Å². The lowest BCUT2D eigenvalue weighted by Gasteiger charge is -2.35. The van der Waals surface area contributed by atoms with Gasteiger partial charge in [-0.05, 0) is 12.1 Å². The van der Waals surface area contributed by atoms with Crippen molar-refractivity contribution >= 4 is 40.3 Å². The Bertz CT molecular complexity index is 946. The number of halogens is 1. The maximum Gasteiger partial charge on any atom is 0.292 e. The molecule has 2 aromatic rings. The minimum atomic E-state index is -0.561. The number of para-hydroxylation sites is 2. The van der Waals surface area contributed by atoms with Crippen molar-refractivity contribution in [3.63, 3.8) is 0 Å². The number of nitro benzene ring substituents is 2. The van der Waals surface area contributed by atoms with Gasteiger partial charge in [-0.2, -0.15) is 0 Å². The van der Waals surface area contributed by atoms with Crippen LogP contribution in [0, 0.1) is 20.2 Å².